The molecule has 0 saturated heterocycles. The molecule has 0 fully saturated rings. The molecule has 0 amide bonds. The van der Waals surface area contributed by atoms with Gasteiger partial charge in [0, 0.05) is 24.1 Å². The predicted molar refractivity (Wildman–Crippen MR) is 80.0 cm³/mol. The minimum absolute atomic E-state index is 0.299. The van der Waals surface area contributed by atoms with Crippen molar-refractivity contribution < 1.29 is 17.9 Å². The second-order valence-electron chi connectivity index (χ2n) is 4.62. The van der Waals surface area contributed by atoms with Gasteiger partial charge in [0.05, 0.1) is 0 Å². The lowest BCUT2D eigenvalue weighted by molar-refractivity contribution is -0.274. The number of imidazole rings is 1. The number of alkyl halides is 3. The van der Waals surface area contributed by atoms with Crippen LogP contribution in [0.2, 0.25) is 0 Å². The molecule has 2 aromatic heterocycles. The van der Waals surface area contributed by atoms with Crippen LogP contribution in [0.1, 0.15) is 0 Å². The van der Waals surface area contributed by atoms with Crippen LogP contribution in [-0.4, -0.2) is 25.9 Å². The van der Waals surface area contributed by atoms with Crippen molar-refractivity contribution in [3.05, 3.63) is 49.1 Å². The summed E-state index contributed by atoms with van der Waals surface area (Å²) in [5.41, 5.74) is 6.15. The quantitative estimate of drug-likeness (QED) is 0.761. The largest absolute Gasteiger partial charge is 0.573 e. The van der Waals surface area contributed by atoms with Crippen molar-refractivity contribution in [3.8, 4) is 11.6 Å². The van der Waals surface area contributed by atoms with Gasteiger partial charge < -0.3 is 15.8 Å². The first-order chi connectivity index (χ1) is 11.4. The van der Waals surface area contributed by atoms with E-state index in [1.807, 2.05) is 0 Å². The van der Waals surface area contributed by atoms with E-state index in [2.05, 4.69) is 25.0 Å². The number of rotatable bonds is 4. The Bertz CT molecular complexity index is 831. The van der Waals surface area contributed by atoms with Gasteiger partial charge in [0.1, 0.15) is 23.7 Å². The van der Waals surface area contributed by atoms with Gasteiger partial charge in [0.15, 0.2) is 0 Å². The highest BCUT2D eigenvalue weighted by molar-refractivity contribution is 5.56. The number of ether oxygens (including phenoxy) is 1. The van der Waals surface area contributed by atoms with E-state index < -0.39 is 6.36 Å². The molecule has 7 nitrogen and oxygen atoms in total. The van der Waals surface area contributed by atoms with Crippen molar-refractivity contribution in [2.24, 2.45) is 0 Å². The summed E-state index contributed by atoms with van der Waals surface area (Å²) in [6.07, 6.45) is -0.205. The first-order valence-corrected chi connectivity index (χ1v) is 6.65. The summed E-state index contributed by atoms with van der Waals surface area (Å²) in [7, 11) is 0. The number of hydrogen-bond acceptors (Lipinski definition) is 6. The zero-order chi connectivity index (χ0) is 17.2. The van der Waals surface area contributed by atoms with Gasteiger partial charge in [0.2, 0.25) is 5.95 Å². The SMILES string of the molecule is Nc1cc(-n2ccnc2Nc2ccc(OC(F)(F)F)cc2)ncn1. The molecule has 0 radical (unpaired) electrons. The number of nitrogens with one attached hydrogen (secondary N) is 1. The Hall–Kier alpha value is -3.30. The van der Waals surface area contributed by atoms with Crippen LogP contribution in [0.15, 0.2) is 49.1 Å². The van der Waals surface area contributed by atoms with Gasteiger partial charge in [-0.3, -0.25) is 4.57 Å². The molecule has 0 aliphatic rings. The van der Waals surface area contributed by atoms with Gasteiger partial charge in [-0.1, -0.05) is 0 Å². The van der Waals surface area contributed by atoms with Crippen LogP contribution in [0.4, 0.5) is 30.6 Å². The topological polar surface area (TPSA) is 90.9 Å². The lowest BCUT2D eigenvalue weighted by Gasteiger charge is -2.11. The van der Waals surface area contributed by atoms with Crippen molar-refractivity contribution in [3.63, 3.8) is 0 Å². The number of anilines is 3. The van der Waals surface area contributed by atoms with E-state index in [0.29, 0.717) is 23.3 Å². The number of nitrogen functional groups attached to an aromatic ring is 1. The summed E-state index contributed by atoms with van der Waals surface area (Å²) in [4.78, 5) is 12.0. The molecule has 0 saturated carbocycles. The van der Waals surface area contributed by atoms with Crippen LogP contribution in [0.5, 0.6) is 5.75 Å². The Labute approximate surface area is 133 Å². The lowest BCUT2D eigenvalue weighted by atomic mass is 10.3. The molecule has 0 aliphatic carbocycles. The first kappa shape index (κ1) is 15.6. The number of aromatic nitrogens is 4. The lowest BCUT2D eigenvalue weighted by Crippen LogP contribution is -2.17. The molecule has 0 bridgehead atoms. The maximum Gasteiger partial charge on any atom is 0.573 e. The molecular formula is C14H11F3N6O. The highest BCUT2D eigenvalue weighted by atomic mass is 19.4. The Morgan fingerprint density at radius 1 is 1.08 bits per heavy atom. The third kappa shape index (κ3) is 3.72. The summed E-state index contributed by atoms with van der Waals surface area (Å²) in [6, 6.07) is 6.84. The number of halogens is 3. The minimum atomic E-state index is -4.72. The van der Waals surface area contributed by atoms with E-state index in [9.17, 15) is 13.2 Å². The monoisotopic (exact) mass is 336 g/mol. The number of hydrogen-bond donors (Lipinski definition) is 2. The predicted octanol–water partition coefficient (Wildman–Crippen LogP) is 2.89. The van der Waals surface area contributed by atoms with E-state index in [1.165, 1.54) is 30.6 Å². The third-order valence-corrected chi connectivity index (χ3v) is 2.91. The van der Waals surface area contributed by atoms with E-state index in [1.54, 1.807) is 23.0 Å². The average Bonchev–Trinajstić information content (AvgIpc) is 2.96. The smallest absolute Gasteiger partial charge is 0.406 e. The first-order valence-electron chi connectivity index (χ1n) is 6.65. The average molecular weight is 336 g/mol. The van der Waals surface area contributed by atoms with Gasteiger partial charge in [-0.25, -0.2) is 15.0 Å². The fraction of sp³-hybridized carbons (Fsp3) is 0.0714. The van der Waals surface area contributed by atoms with Crippen LogP contribution in [-0.2, 0) is 0 Å². The molecule has 3 aromatic rings. The van der Waals surface area contributed by atoms with Crippen LogP contribution in [0.25, 0.3) is 5.82 Å². The van der Waals surface area contributed by atoms with E-state index in [4.69, 9.17) is 5.73 Å². The van der Waals surface area contributed by atoms with Gasteiger partial charge in [-0.15, -0.1) is 13.2 Å². The number of nitrogens with two attached hydrogens (primary N) is 1. The molecule has 3 rings (SSSR count). The number of benzene rings is 1. The Balaban J connectivity index is 1.79. The molecule has 1 aromatic carbocycles. The Kier molecular flexibility index (Phi) is 3.94. The van der Waals surface area contributed by atoms with Crippen molar-refractivity contribution in [2.45, 2.75) is 6.36 Å². The molecule has 0 aliphatic heterocycles. The van der Waals surface area contributed by atoms with Gasteiger partial charge in [-0.2, -0.15) is 0 Å². The Morgan fingerprint density at radius 3 is 2.50 bits per heavy atom. The summed E-state index contributed by atoms with van der Waals surface area (Å²) in [5.74, 6) is 0.908. The standard InChI is InChI=1S/C14H11F3N6O/c15-14(16,17)24-10-3-1-9(2-4-10)22-13-19-5-6-23(13)12-7-11(18)20-8-21-12/h1-8H,(H,19,22)(H2,18,20,21). The summed E-state index contributed by atoms with van der Waals surface area (Å²) in [5, 5.41) is 2.97. The van der Waals surface area contributed by atoms with Gasteiger partial charge >= 0.3 is 6.36 Å². The molecule has 0 spiro atoms. The fourth-order valence-corrected chi connectivity index (χ4v) is 1.94. The zero-order valence-electron chi connectivity index (χ0n) is 12.0. The molecule has 2 heterocycles. The highest BCUT2D eigenvalue weighted by Crippen LogP contribution is 2.25. The van der Waals surface area contributed by atoms with Crippen molar-refractivity contribution in [2.75, 3.05) is 11.1 Å². The second kappa shape index (κ2) is 6.07. The van der Waals surface area contributed by atoms with Crippen LogP contribution in [0, 0.1) is 0 Å². The van der Waals surface area contributed by atoms with Crippen LogP contribution < -0.4 is 15.8 Å². The van der Waals surface area contributed by atoms with E-state index in [-0.39, 0.29) is 5.75 Å². The van der Waals surface area contributed by atoms with E-state index >= 15 is 0 Å². The van der Waals surface area contributed by atoms with Crippen molar-refractivity contribution in [1.29, 1.82) is 0 Å². The molecule has 0 unspecified atom stereocenters. The Morgan fingerprint density at radius 2 is 1.83 bits per heavy atom. The summed E-state index contributed by atoms with van der Waals surface area (Å²) >= 11 is 0. The highest BCUT2D eigenvalue weighted by Gasteiger charge is 2.30. The van der Waals surface area contributed by atoms with Crippen LogP contribution >= 0.6 is 0 Å². The summed E-state index contributed by atoms with van der Waals surface area (Å²) < 4.78 is 41.9. The van der Waals surface area contributed by atoms with Crippen LogP contribution in [0.3, 0.4) is 0 Å². The maximum atomic E-state index is 12.1. The fourth-order valence-electron chi connectivity index (χ4n) is 1.94. The molecule has 10 heteroatoms. The second-order valence-corrected chi connectivity index (χ2v) is 4.62. The molecule has 24 heavy (non-hydrogen) atoms. The van der Waals surface area contributed by atoms with Crippen molar-refractivity contribution in [1.82, 2.24) is 19.5 Å². The minimum Gasteiger partial charge on any atom is -0.406 e. The summed E-state index contributed by atoms with van der Waals surface area (Å²) in [6.45, 7) is 0. The third-order valence-electron chi connectivity index (χ3n) is 2.91. The van der Waals surface area contributed by atoms with Gasteiger partial charge in [-0.05, 0) is 24.3 Å². The van der Waals surface area contributed by atoms with E-state index in [0.717, 1.165) is 0 Å². The molecular weight excluding hydrogens is 325 g/mol. The molecule has 3 N–H and O–H groups in total. The van der Waals surface area contributed by atoms with Gasteiger partial charge in [0.25, 0.3) is 0 Å². The molecule has 124 valence electrons. The maximum absolute atomic E-state index is 12.1. The zero-order valence-corrected chi connectivity index (χ0v) is 12.0. The van der Waals surface area contributed by atoms with Crippen molar-refractivity contribution >= 4 is 17.5 Å². The molecule has 0 atom stereocenters. The number of nitrogens with zero attached hydrogens (tertiary/aromatic N) is 4. The normalized spacial score (nSPS) is 11.3.